The van der Waals surface area contributed by atoms with Crippen molar-refractivity contribution in [3.8, 4) is 5.75 Å². The van der Waals surface area contributed by atoms with Crippen LogP contribution in [0.1, 0.15) is 22.8 Å². The molecule has 0 bridgehead atoms. The van der Waals surface area contributed by atoms with E-state index >= 15 is 0 Å². The molecule has 0 heterocycles. The van der Waals surface area contributed by atoms with Gasteiger partial charge >= 0.3 is 0 Å². The van der Waals surface area contributed by atoms with Crippen LogP contribution in [0.25, 0.3) is 6.08 Å². The lowest BCUT2D eigenvalue weighted by Gasteiger charge is -2.06. The highest BCUT2D eigenvalue weighted by molar-refractivity contribution is 9.10. The Balaban J connectivity index is 2.19. The summed E-state index contributed by atoms with van der Waals surface area (Å²) in [5.41, 5.74) is 1.56. The summed E-state index contributed by atoms with van der Waals surface area (Å²) in [6, 6.07) is 15.0. The molecule has 0 N–H and O–H groups in total. The molecule has 0 aliphatic carbocycles. The summed E-state index contributed by atoms with van der Waals surface area (Å²) in [5.74, 6) is 0.755. The molecule has 2 aromatic carbocycles. The molecule has 2 rings (SSSR count). The van der Waals surface area contributed by atoms with E-state index < -0.39 is 0 Å². The maximum atomic E-state index is 12.1. The number of carbonyl (C=O) groups excluding carboxylic acids is 1. The maximum absolute atomic E-state index is 12.1. The normalized spacial score (nSPS) is 10.7. The van der Waals surface area contributed by atoms with Gasteiger partial charge in [-0.2, -0.15) is 0 Å². The fraction of sp³-hybridized carbons (Fsp3) is 0.118. The van der Waals surface area contributed by atoms with Crippen LogP contribution in [0.5, 0.6) is 5.75 Å². The fourth-order valence-electron chi connectivity index (χ4n) is 1.81. The Morgan fingerprint density at radius 1 is 1.20 bits per heavy atom. The van der Waals surface area contributed by atoms with Gasteiger partial charge in [-0.1, -0.05) is 46.3 Å². The molecule has 0 saturated heterocycles. The van der Waals surface area contributed by atoms with E-state index in [1.54, 1.807) is 24.3 Å². The lowest BCUT2D eigenvalue weighted by Crippen LogP contribution is -1.95. The zero-order valence-electron chi connectivity index (χ0n) is 11.2. The van der Waals surface area contributed by atoms with E-state index in [1.807, 2.05) is 43.3 Å². The molecule has 0 radical (unpaired) electrons. The van der Waals surface area contributed by atoms with Gasteiger partial charge in [0.2, 0.25) is 0 Å². The van der Waals surface area contributed by atoms with Gasteiger partial charge in [-0.3, -0.25) is 4.79 Å². The first-order valence-corrected chi connectivity index (χ1v) is 7.20. The number of para-hydroxylation sites is 1. The molecule has 20 heavy (non-hydrogen) atoms. The van der Waals surface area contributed by atoms with Crippen LogP contribution in [-0.2, 0) is 0 Å². The molecule has 3 heteroatoms. The summed E-state index contributed by atoms with van der Waals surface area (Å²) in [4.78, 5) is 12.1. The van der Waals surface area contributed by atoms with E-state index in [0.29, 0.717) is 12.2 Å². The average molecular weight is 331 g/mol. The Bertz CT molecular complexity index is 632. The van der Waals surface area contributed by atoms with Crippen molar-refractivity contribution in [2.24, 2.45) is 0 Å². The molecule has 102 valence electrons. The highest BCUT2D eigenvalue weighted by Crippen LogP contribution is 2.20. The smallest absolute Gasteiger partial charge is 0.185 e. The van der Waals surface area contributed by atoms with E-state index in [2.05, 4.69) is 15.9 Å². The summed E-state index contributed by atoms with van der Waals surface area (Å²) in [6.45, 7) is 2.54. The molecule has 0 spiro atoms. The largest absolute Gasteiger partial charge is 0.493 e. The van der Waals surface area contributed by atoms with Gasteiger partial charge in [0, 0.05) is 15.6 Å². The molecule has 0 saturated carbocycles. The number of halogens is 1. The summed E-state index contributed by atoms with van der Waals surface area (Å²) >= 11 is 3.36. The van der Waals surface area contributed by atoms with Gasteiger partial charge in [0.25, 0.3) is 0 Å². The Hall–Kier alpha value is -1.87. The third kappa shape index (κ3) is 3.81. The molecule has 0 fully saturated rings. The topological polar surface area (TPSA) is 26.3 Å². The number of ketones is 1. The van der Waals surface area contributed by atoms with Crippen molar-refractivity contribution in [3.05, 3.63) is 70.2 Å². The van der Waals surface area contributed by atoms with Gasteiger partial charge in [0.15, 0.2) is 5.78 Å². The van der Waals surface area contributed by atoms with E-state index in [9.17, 15) is 4.79 Å². The Kier molecular flexibility index (Phi) is 5.13. The highest BCUT2D eigenvalue weighted by atomic mass is 79.9. The van der Waals surface area contributed by atoms with Crippen molar-refractivity contribution in [2.45, 2.75) is 6.92 Å². The van der Waals surface area contributed by atoms with Crippen molar-refractivity contribution in [3.63, 3.8) is 0 Å². The predicted octanol–water partition coefficient (Wildman–Crippen LogP) is 4.74. The molecule has 2 aromatic rings. The number of hydrogen-bond acceptors (Lipinski definition) is 2. The second kappa shape index (κ2) is 7.06. The van der Waals surface area contributed by atoms with Crippen LogP contribution in [0.2, 0.25) is 0 Å². The molecule has 0 aliphatic rings. The summed E-state index contributed by atoms with van der Waals surface area (Å²) in [6.07, 6.45) is 3.36. The quantitative estimate of drug-likeness (QED) is 0.584. The van der Waals surface area contributed by atoms with Gasteiger partial charge in [-0.15, -0.1) is 0 Å². The third-order valence-electron chi connectivity index (χ3n) is 2.74. The molecule has 0 atom stereocenters. The van der Waals surface area contributed by atoms with Crippen molar-refractivity contribution >= 4 is 27.8 Å². The minimum Gasteiger partial charge on any atom is -0.493 e. The first kappa shape index (κ1) is 14.5. The van der Waals surface area contributed by atoms with Gasteiger partial charge in [0.05, 0.1) is 6.61 Å². The molecule has 0 amide bonds. The van der Waals surface area contributed by atoms with Crippen molar-refractivity contribution < 1.29 is 9.53 Å². The zero-order valence-corrected chi connectivity index (χ0v) is 12.8. The Morgan fingerprint density at radius 3 is 2.75 bits per heavy atom. The SMILES string of the molecule is CCOc1ccccc1/C=C/C(=O)c1cccc(Br)c1. The number of allylic oxidation sites excluding steroid dienone is 1. The van der Waals surface area contributed by atoms with E-state index in [4.69, 9.17) is 4.74 Å². The highest BCUT2D eigenvalue weighted by Gasteiger charge is 2.03. The van der Waals surface area contributed by atoms with Crippen molar-refractivity contribution in [2.75, 3.05) is 6.61 Å². The van der Waals surface area contributed by atoms with Crippen LogP contribution >= 0.6 is 15.9 Å². The van der Waals surface area contributed by atoms with Crippen LogP contribution < -0.4 is 4.74 Å². The first-order chi connectivity index (χ1) is 9.70. The lowest BCUT2D eigenvalue weighted by atomic mass is 10.1. The zero-order chi connectivity index (χ0) is 14.4. The molecular weight excluding hydrogens is 316 g/mol. The van der Waals surface area contributed by atoms with Crippen molar-refractivity contribution in [1.29, 1.82) is 0 Å². The summed E-state index contributed by atoms with van der Waals surface area (Å²) < 4.78 is 6.42. The predicted molar refractivity (Wildman–Crippen MR) is 85.1 cm³/mol. The molecule has 2 nitrogen and oxygen atoms in total. The lowest BCUT2D eigenvalue weighted by molar-refractivity contribution is 0.104. The second-order valence-corrected chi connectivity index (χ2v) is 5.09. The van der Waals surface area contributed by atoms with Gasteiger partial charge in [0.1, 0.15) is 5.75 Å². The van der Waals surface area contributed by atoms with Gasteiger partial charge < -0.3 is 4.74 Å². The maximum Gasteiger partial charge on any atom is 0.185 e. The van der Waals surface area contributed by atoms with E-state index in [0.717, 1.165) is 15.8 Å². The number of ether oxygens (including phenoxy) is 1. The van der Waals surface area contributed by atoms with E-state index in [1.165, 1.54) is 0 Å². The van der Waals surface area contributed by atoms with Crippen LogP contribution in [0.4, 0.5) is 0 Å². The number of hydrogen-bond donors (Lipinski definition) is 0. The number of rotatable bonds is 5. The molecular formula is C17H15BrO2. The number of carbonyl (C=O) groups is 1. The molecule has 0 aromatic heterocycles. The fourth-order valence-corrected chi connectivity index (χ4v) is 2.21. The Morgan fingerprint density at radius 2 is 2.00 bits per heavy atom. The van der Waals surface area contributed by atoms with Crippen LogP contribution in [0.3, 0.4) is 0 Å². The van der Waals surface area contributed by atoms with Crippen LogP contribution in [0, 0.1) is 0 Å². The first-order valence-electron chi connectivity index (χ1n) is 6.40. The third-order valence-corrected chi connectivity index (χ3v) is 3.24. The minimum absolute atomic E-state index is 0.0300. The van der Waals surface area contributed by atoms with Gasteiger partial charge in [-0.05, 0) is 37.3 Å². The summed E-state index contributed by atoms with van der Waals surface area (Å²) in [7, 11) is 0. The number of benzene rings is 2. The average Bonchev–Trinajstić information content (AvgIpc) is 2.46. The Labute approximate surface area is 127 Å². The monoisotopic (exact) mass is 330 g/mol. The van der Waals surface area contributed by atoms with E-state index in [-0.39, 0.29) is 5.78 Å². The second-order valence-electron chi connectivity index (χ2n) is 4.18. The standard InChI is InChI=1S/C17H15BrO2/c1-2-20-17-9-4-3-6-13(17)10-11-16(19)14-7-5-8-15(18)12-14/h3-12H,2H2,1H3/b11-10+. The molecule has 0 unspecified atom stereocenters. The summed E-state index contributed by atoms with van der Waals surface area (Å²) in [5, 5.41) is 0. The minimum atomic E-state index is -0.0300. The van der Waals surface area contributed by atoms with Crippen molar-refractivity contribution in [1.82, 2.24) is 0 Å². The van der Waals surface area contributed by atoms with Gasteiger partial charge in [-0.25, -0.2) is 0 Å². The molecule has 0 aliphatic heterocycles. The van der Waals surface area contributed by atoms with Crippen LogP contribution in [0.15, 0.2) is 59.1 Å². The van der Waals surface area contributed by atoms with Crippen LogP contribution in [-0.4, -0.2) is 12.4 Å².